The molecule has 14 heteroatoms. The van der Waals surface area contributed by atoms with Crippen molar-refractivity contribution in [1.82, 2.24) is 10.2 Å². The van der Waals surface area contributed by atoms with Gasteiger partial charge in [-0.3, -0.25) is 14.5 Å². The lowest BCUT2D eigenvalue weighted by Gasteiger charge is -2.49. The standard InChI is InChI=1S/C17H14Cl2FN3O6S2/c18-8-1-7(2-9(19)11(8)20)30-5-10(24)22-12-14(25)23-13(16(26)27)6(3-29-17(21)28)4-31-15(12)23/h1-2,12,15H,3-5H2,(H2,21,28)(H,22,24)(H,26,27)/t12?,15-/m1/s1. The van der Waals surface area contributed by atoms with Crippen LogP contribution in [-0.4, -0.2) is 63.4 Å². The number of thioether (sulfide) groups is 2. The molecule has 0 bridgehead atoms. The fourth-order valence-electron chi connectivity index (χ4n) is 2.93. The number of carboxylic acids is 1. The molecule has 1 saturated heterocycles. The number of carbonyl (C=O) groups is 4. The summed E-state index contributed by atoms with van der Waals surface area (Å²) in [7, 11) is 0. The van der Waals surface area contributed by atoms with E-state index in [1.807, 2.05) is 0 Å². The van der Waals surface area contributed by atoms with Crippen LogP contribution in [0.2, 0.25) is 10.0 Å². The van der Waals surface area contributed by atoms with Crippen LogP contribution >= 0.6 is 46.7 Å². The minimum atomic E-state index is -1.35. The second-order valence-electron chi connectivity index (χ2n) is 6.31. The average Bonchev–Trinajstić information content (AvgIpc) is 2.71. The molecule has 2 heterocycles. The Morgan fingerprint density at radius 2 is 2.00 bits per heavy atom. The third-order valence-corrected chi connectivity index (χ3v) is 7.15. The lowest BCUT2D eigenvalue weighted by molar-refractivity contribution is -0.150. The van der Waals surface area contributed by atoms with Crippen LogP contribution in [0.4, 0.5) is 9.18 Å². The molecule has 4 N–H and O–H groups in total. The maximum atomic E-state index is 13.5. The van der Waals surface area contributed by atoms with E-state index >= 15 is 0 Å². The zero-order valence-electron chi connectivity index (χ0n) is 15.4. The number of β-lactam (4-membered cyclic amide) rings is 1. The number of hydrogen-bond acceptors (Lipinski definition) is 7. The van der Waals surface area contributed by atoms with Crippen LogP contribution in [0.25, 0.3) is 0 Å². The van der Waals surface area contributed by atoms with Crippen LogP contribution in [0, 0.1) is 5.82 Å². The van der Waals surface area contributed by atoms with Gasteiger partial charge in [-0.05, 0) is 12.1 Å². The van der Waals surface area contributed by atoms with E-state index in [0.717, 1.165) is 16.7 Å². The zero-order chi connectivity index (χ0) is 22.9. The Balaban J connectivity index is 1.62. The molecule has 2 aliphatic heterocycles. The molecule has 0 saturated carbocycles. The van der Waals surface area contributed by atoms with Gasteiger partial charge in [0, 0.05) is 16.2 Å². The monoisotopic (exact) mass is 509 g/mol. The molecule has 0 aliphatic carbocycles. The molecule has 2 aliphatic rings. The Hall–Kier alpha value is -2.15. The van der Waals surface area contributed by atoms with Crippen molar-refractivity contribution in [1.29, 1.82) is 0 Å². The van der Waals surface area contributed by atoms with Gasteiger partial charge in [0.15, 0.2) is 5.82 Å². The van der Waals surface area contributed by atoms with Gasteiger partial charge in [0.25, 0.3) is 5.91 Å². The molecule has 1 aromatic carbocycles. The predicted molar refractivity (Wildman–Crippen MR) is 112 cm³/mol. The number of carboxylic acid groups (broad SMARTS) is 1. The minimum Gasteiger partial charge on any atom is -0.477 e. The fourth-order valence-corrected chi connectivity index (χ4v) is 5.66. The highest BCUT2D eigenvalue weighted by Crippen LogP contribution is 2.40. The minimum absolute atomic E-state index is 0.0984. The van der Waals surface area contributed by atoms with Gasteiger partial charge < -0.3 is 20.9 Å². The Labute approximate surface area is 193 Å². The van der Waals surface area contributed by atoms with Crippen LogP contribution in [0.15, 0.2) is 28.3 Å². The Morgan fingerprint density at radius 3 is 2.58 bits per heavy atom. The lowest BCUT2D eigenvalue weighted by Crippen LogP contribution is -2.70. The van der Waals surface area contributed by atoms with Crippen molar-refractivity contribution >= 4 is 70.6 Å². The number of carbonyl (C=O) groups excluding carboxylic acids is 3. The highest BCUT2D eigenvalue weighted by atomic mass is 35.5. The van der Waals surface area contributed by atoms with E-state index in [9.17, 15) is 28.7 Å². The first kappa shape index (κ1) is 23.5. The smallest absolute Gasteiger partial charge is 0.404 e. The normalized spacial score (nSPS) is 20.1. The molecular weight excluding hydrogens is 496 g/mol. The number of nitrogens with zero attached hydrogens (tertiary/aromatic N) is 1. The summed E-state index contributed by atoms with van der Waals surface area (Å²) >= 11 is 13.7. The van der Waals surface area contributed by atoms with E-state index < -0.39 is 41.1 Å². The highest BCUT2D eigenvalue weighted by Gasteiger charge is 2.54. The summed E-state index contributed by atoms with van der Waals surface area (Å²) in [4.78, 5) is 48.7. The van der Waals surface area contributed by atoms with E-state index in [4.69, 9.17) is 28.9 Å². The molecule has 0 spiro atoms. The topological polar surface area (TPSA) is 139 Å². The van der Waals surface area contributed by atoms with Gasteiger partial charge in [-0.2, -0.15) is 0 Å². The number of rotatable bonds is 7. The van der Waals surface area contributed by atoms with Crippen LogP contribution in [0.1, 0.15) is 0 Å². The maximum Gasteiger partial charge on any atom is 0.404 e. The number of ether oxygens (including phenoxy) is 1. The number of aliphatic carboxylic acids is 1. The Bertz CT molecular complexity index is 985. The number of halogens is 3. The van der Waals surface area contributed by atoms with Crippen molar-refractivity contribution in [3.63, 3.8) is 0 Å². The molecule has 31 heavy (non-hydrogen) atoms. The summed E-state index contributed by atoms with van der Waals surface area (Å²) in [5.41, 5.74) is 4.85. The van der Waals surface area contributed by atoms with Crippen molar-refractivity contribution in [2.24, 2.45) is 5.73 Å². The predicted octanol–water partition coefficient (Wildman–Crippen LogP) is 2.06. The summed E-state index contributed by atoms with van der Waals surface area (Å²) in [6, 6.07) is 1.74. The molecule has 2 atom stereocenters. The largest absolute Gasteiger partial charge is 0.477 e. The van der Waals surface area contributed by atoms with Crippen molar-refractivity contribution in [3.05, 3.63) is 39.3 Å². The first-order valence-electron chi connectivity index (χ1n) is 8.49. The van der Waals surface area contributed by atoms with Crippen molar-refractivity contribution in [2.75, 3.05) is 18.1 Å². The lowest BCUT2D eigenvalue weighted by atomic mass is 10.0. The summed E-state index contributed by atoms with van der Waals surface area (Å²) in [5, 5.41) is 11.1. The molecule has 3 rings (SSSR count). The van der Waals surface area contributed by atoms with E-state index in [1.54, 1.807) is 0 Å². The number of primary amides is 1. The number of nitrogens with two attached hydrogens (primary N) is 1. The van der Waals surface area contributed by atoms with Crippen molar-refractivity contribution in [3.8, 4) is 0 Å². The fraction of sp³-hybridized carbons (Fsp3) is 0.294. The first-order valence-corrected chi connectivity index (χ1v) is 11.3. The van der Waals surface area contributed by atoms with Crippen LogP contribution in [-0.2, 0) is 19.1 Å². The zero-order valence-corrected chi connectivity index (χ0v) is 18.5. The van der Waals surface area contributed by atoms with E-state index in [-0.39, 0.29) is 39.4 Å². The van der Waals surface area contributed by atoms with E-state index in [1.165, 1.54) is 23.9 Å². The van der Waals surface area contributed by atoms with Crippen LogP contribution < -0.4 is 11.1 Å². The molecule has 9 nitrogen and oxygen atoms in total. The second-order valence-corrected chi connectivity index (χ2v) is 9.28. The summed E-state index contributed by atoms with van der Waals surface area (Å²) in [6.07, 6.45) is -1.06. The van der Waals surface area contributed by atoms with Crippen LogP contribution in [0.5, 0.6) is 0 Å². The number of fused-ring (bicyclic) bond motifs is 1. The van der Waals surface area contributed by atoms with Crippen molar-refractivity contribution < 1.29 is 33.4 Å². The average molecular weight is 510 g/mol. The number of nitrogens with one attached hydrogen (secondary N) is 1. The van der Waals surface area contributed by atoms with Gasteiger partial charge in [-0.15, -0.1) is 23.5 Å². The first-order chi connectivity index (χ1) is 14.6. The molecule has 1 aromatic rings. The third kappa shape index (κ3) is 5.03. The third-order valence-electron chi connectivity index (χ3n) is 4.28. The number of hydrogen-bond donors (Lipinski definition) is 3. The van der Waals surface area contributed by atoms with Crippen LogP contribution in [0.3, 0.4) is 0 Å². The maximum absolute atomic E-state index is 13.5. The van der Waals surface area contributed by atoms with Gasteiger partial charge in [0.1, 0.15) is 23.7 Å². The van der Waals surface area contributed by atoms with E-state index in [0.29, 0.717) is 4.90 Å². The molecule has 1 unspecified atom stereocenters. The number of benzene rings is 1. The Morgan fingerprint density at radius 1 is 1.35 bits per heavy atom. The van der Waals surface area contributed by atoms with Gasteiger partial charge in [-0.1, -0.05) is 23.2 Å². The molecule has 3 amide bonds. The SMILES string of the molecule is NC(=O)OCC1=C(C(=O)O)N2C(=O)C(NC(=O)CSc3cc(Cl)c(F)c(Cl)c3)[C@H]2SC1. The van der Waals surface area contributed by atoms with E-state index in [2.05, 4.69) is 10.1 Å². The van der Waals surface area contributed by atoms with Gasteiger partial charge in [0.05, 0.1) is 15.8 Å². The van der Waals surface area contributed by atoms with Gasteiger partial charge >= 0.3 is 12.1 Å². The summed E-state index contributed by atoms with van der Waals surface area (Å²) in [6.45, 7) is -0.350. The quantitative estimate of drug-likeness (QED) is 0.288. The molecule has 166 valence electrons. The second kappa shape index (κ2) is 9.55. The van der Waals surface area contributed by atoms with Crippen molar-refractivity contribution in [2.45, 2.75) is 16.3 Å². The summed E-state index contributed by atoms with van der Waals surface area (Å²) < 4.78 is 18.1. The van der Waals surface area contributed by atoms with Gasteiger partial charge in [0.2, 0.25) is 5.91 Å². The Kier molecular flexibility index (Phi) is 7.24. The molecule has 0 radical (unpaired) electrons. The molecule has 0 aromatic heterocycles. The molecule has 1 fully saturated rings. The highest BCUT2D eigenvalue weighted by molar-refractivity contribution is 8.00. The number of amides is 3. The van der Waals surface area contributed by atoms with Gasteiger partial charge in [-0.25, -0.2) is 14.0 Å². The molecular formula is C17H14Cl2FN3O6S2. The summed E-state index contributed by atoms with van der Waals surface area (Å²) in [5.74, 6) is -3.11.